The summed E-state index contributed by atoms with van der Waals surface area (Å²) in [7, 11) is 0. The van der Waals surface area contributed by atoms with Gasteiger partial charge in [0.05, 0.1) is 11.8 Å². The average molecular weight is 245 g/mol. The first kappa shape index (κ1) is 11.2. The number of hydrogen-bond donors (Lipinski definition) is 1. The second kappa shape index (κ2) is 4.76. The van der Waals surface area contributed by atoms with Gasteiger partial charge in [-0.3, -0.25) is 4.98 Å². The van der Waals surface area contributed by atoms with E-state index in [2.05, 4.69) is 15.1 Å². The number of aromatic nitrogens is 3. The molecule has 3 rings (SSSR count). The Morgan fingerprint density at radius 3 is 2.83 bits per heavy atom. The van der Waals surface area contributed by atoms with E-state index in [4.69, 9.17) is 4.52 Å². The summed E-state index contributed by atoms with van der Waals surface area (Å²) in [5, 5.41) is 13.7. The van der Waals surface area contributed by atoms with E-state index in [1.54, 1.807) is 12.3 Å². The molecule has 1 N–H and O–H groups in total. The molecule has 0 unspecified atom stereocenters. The minimum Gasteiger partial charge on any atom is -0.505 e. The van der Waals surface area contributed by atoms with Crippen LogP contribution >= 0.6 is 0 Å². The van der Waals surface area contributed by atoms with Gasteiger partial charge < -0.3 is 9.63 Å². The fourth-order valence-electron chi connectivity index (χ4n) is 2.44. The molecular formula is C13H15N3O2. The molecule has 1 saturated carbocycles. The van der Waals surface area contributed by atoms with Crippen LogP contribution in [0, 0.1) is 0 Å². The third-order valence-electron chi connectivity index (χ3n) is 3.44. The number of hydrogen-bond acceptors (Lipinski definition) is 5. The van der Waals surface area contributed by atoms with Crippen LogP contribution in [0.15, 0.2) is 23.0 Å². The van der Waals surface area contributed by atoms with Crippen molar-refractivity contribution in [3.63, 3.8) is 0 Å². The van der Waals surface area contributed by atoms with Gasteiger partial charge in [-0.1, -0.05) is 24.4 Å². The first-order valence-corrected chi connectivity index (χ1v) is 6.31. The van der Waals surface area contributed by atoms with Crippen molar-refractivity contribution in [3.05, 3.63) is 24.3 Å². The number of aromatic hydroxyl groups is 1. The number of nitrogens with zero attached hydrogens (tertiary/aromatic N) is 3. The van der Waals surface area contributed by atoms with Crippen molar-refractivity contribution in [1.29, 1.82) is 0 Å². The van der Waals surface area contributed by atoms with E-state index in [0.717, 1.165) is 18.7 Å². The van der Waals surface area contributed by atoms with Crippen LogP contribution in [0.3, 0.4) is 0 Å². The standard InChI is InChI=1S/C13H15N3O2/c17-11-8-14-7-6-10(11)13-15-12(16-18-13)9-4-2-1-3-5-9/h6-9,17H,1-5H2. The Kier molecular flexibility index (Phi) is 2.96. The molecule has 5 nitrogen and oxygen atoms in total. The van der Waals surface area contributed by atoms with Crippen LogP contribution < -0.4 is 0 Å². The summed E-state index contributed by atoms with van der Waals surface area (Å²) in [6, 6.07) is 1.67. The quantitative estimate of drug-likeness (QED) is 0.880. The maximum Gasteiger partial charge on any atom is 0.261 e. The van der Waals surface area contributed by atoms with E-state index < -0.39 is 0 Å². The Morgan fingerprint density at radius 2 is 2.06 bits per heavy atom. The second-order valence-electron chi connectivity index (χ2n) is 4.69. The van der Waals surface area contributed by atoms with Crippen molar-refractivity contribution in [1.82, 2.24) is 15.1 Å². The van der Waals surface area contributed by atoms with Crippen molar-refractivity contribution < 1.29 is 9.63 Å². The van der Waals surface area contributed by atoms with Gasteiger partial charge in [-0.05, 0) is 18.9 Å². The normalized spacial score (nSPS) is 16.9. The maximum absolute atomic E-state index is 9.69. The summed E-state index contributed by atoms with van der Waals surface area (Å²) >= 11 is 0. The summed E-state index contributed by atoms with van der Waals surface area (Å²) in [6.45, 7) is 0. The Balaban J connectivity index is 1.87. The molecule has 1 fully saturated rings. The van der Waals surface area contributed by atoms with E-state index in [-0.39, 0.29) is 5.75 Å². The van der Waals surface area contributed by atoms with E-state index in [9.17, 15) is 5.11 Å². The Hall–Kier alpha value is -1.91. The maximum atomic E-state index is 9.69. The SMILES string of the molecule is Oc1cnccc1-c1nc(C2CCCCC2)no1. The fraction of sp³-hybridized carbons (Fsp3) is 0.462. The van der Waals surface area contributed by atoms with Gasteiger partial charge >= 0.3 is 0 Å². The molecule has 94 valence electrons. The van der Waals surface area contributed by atoms with Gasteiger partial charge in [-0.2, -0.15) is 4.98 Å². The molecule has 0 spiro atoms. The fourth-order valence-corrected chi connectivity index (χ4v) is 2.44. The molecule has 0 bridgehead atoms. The zero-order valence-electron chi connectivity index (χ0n) is 10.0. The molecule has 1 aliphatic rings. The monoisotopic (exact) mass is 245 g/mol. The third-order valence-corrected chi connectivity index (χ3v) is 3.44. The second-order valence-corrected chi connectivity index (χ2v) is 4.69. The molecule has 5 heteroatoms. The van der Waals surface area contributed by atoms with Crippen molar-refractivity contribution >= 4 is 0 Å². The predicted molar refractivity (Wildman–Crippen MR) is 65.0 cm³/mol. The van der Waals surface area contributed by atoms with Gasteiger partial charge in [0.15, 0.2) is 5.82 Å². The molecule has 1 aliphatic carbocycles. The topological polar surface area (TPSA) is 72.0 Å². The lowest BCUT2D eigenvalue weighted by Crippen LogP contribution is -2.06. The molecule has 2 aromatic rings. The first-order chi connectivity index (χ1) is 8.84. The minimum atomic E-state index is 0.0661. The van der Waals surface area contributed by atoms with Crippen molar-refractivity contribution in [2.45, 2.75) is 38.0 Å². The molecule has 2 heterocycles. The lowest BCUT2D eigenvalue weighted by atomic mass is 9.89. The highest BCUT2D eigenvalue weighted by molar-refractivity contribution is 5.60. The zero-order chi connectivity index (χ0) is 12.4. The van der Waals surface area contributed by atoms with E-state index in [1.807, 2.05) is 0 Å². The molecule has 0 amide bonds. The summed E-state index contributed by atoms with van der Waals surface area (Å²) < 4.78 is 5.24. The van der Waals surface area contributed by atoms with Crippen molar-refractivity contribution in [2.75, 3.05) is 0 Å². The molecule has 18 heavy (non-hydrogen) atoms. The average Bonchev–Trinajstić information content (AvgIpc) is 2.90. The van der Waals surface area contributed by atoms with Gasteiger partial charge in [-0.25, -0.2) is 0 Å². The largest absolute Gasteiger partial charge is 0.505 e. The van der Waals surface area contributed by atoms with Gasteiger partial charge in [0.1, 0.15) is 5.75 Å². The number of pyridine rings is 1. The highest BCUT2D eigenvalue weighted by Gasteiger charge is 2.22. The van der Waals surface area contributed by atoms with Gasteiger partial charge in [-0.15, -0.1) is 0 Å². The summed E-state index contributed by atoms with van der Waals surface area (Å²) in [5.74, 6) is 1.60. The van der Waals surface area contributed by atoms with Gasteiger partial charge in [0.2, 0.25) is 0 Å². The smallest absolute Gasteiger partial charge is 0.261 e. The summed E-state index contributed by atoms with van der Waals surface area (Å²) in [5.41, 5.74) is 0.541. The van der Waals surface area contributed by atoms with Crippen LogP contribution in [0.1, 0.15) is 43.8 Å². The van der Waals surface area contributed by atoms with Crippen LogP contribution in [-0.4, -0.2) is 20.2 Å². The van der Waals surface area contributed by atoms with E-state index >= 15 is 0 Å². The molecule has 0 radical (unpaired) electrons. The van der Waals surface area contributed by atoms with Gasteiger partial charge in [0, 0.05) is 12.1 Å². The van der Waals surface area contributed by atoms with Gasteiger partial charge in [0.25, 0.3) is 5.89 Å². The Morgan fingerprint density at radius 1 is 1.22 bits per heavy atom. The van der Waals surface area contributed by atoms with Crippen LogP contribution in [0.5, 0.6) is 5.75 Å². The van der Waals surface area contributed by atoms with Crippen LogP contribution in [0.4, 0.5) is 0 Å². The molecule has 0 aromatic carbocycles. The summed E-state index contributed by atoms with van der Waals surface area (Å²) in [6.07, 6.45) is 8.98. The molecule has 2 aromatic heterocycles. The molecule has 0 atom stereocenters. The van der Waals surface area contributed by atoms with Crippen molar-refractivity contribution in [3.8, 4) is 17.2 Å². The predicted octanol–water partition coefficient (Wildman–Crippen LogP) is 2.88. The van der Waals surface area contributed by atoms with Crippen LogP contribution in [0.25, 0.3) is 11.5 Å². The summed E-state index contributed by atoms with van der Waals surface area (Å²) in [4.78, 5) is 8.23. The lowest BCUT2D eigenvalue weighted by molar-refractivity contribution is 0.384. The minimum absolute atomic E-state index is 0.0661. The van der Waals surface area contributed by atoms with Crippen LogP contribution in [0.2, 0.25) is 0 Å². The van der Waals surface area contributed by atoms with E-state index in [0.29, 0.717) is 17.4 Å². The Bertz CT molecular complexity index is 533. The van der Waals surface area contributed by atoms with E-state index in [1.165, 1.54) is 25.5 Å². The zero-order valence-corrected chi connectivity index (χ0v) is 10.0. The van der Waals surface area contributed by atoms with Crippen molar-refractivity contribution in [2.24, 2.45) is 0 Å². The first-order valence-electron chi connectivity index (χ1n) is 6.31. The Labute approximate surface area is 105 Å². The molecular weight excluding hydrogens is 230 g/mol. The highest BCUT2D eigenvalue weighted by atomic mass is 16.5. The van der Waals surface area contributed by atoms with Crippen LogP contribution in [-0.2, 0) is 0 Å². The third kappa shape index (κ3) is 2.08. The molecule has 0 saturated heterocycles. The number of rotatable bonds is 2. The molecule has 0 aliphatic heterocycles. The lowest BCUT2D eigenvalue weighted by Gasteiger charge is -2.17. The highest BCUT2D eigenvalue weighted by Crippen LogP contribution is 2.33.